The second-order valence-electron chi connectivity index (χ2n) is 8.24. The van der Waals surface area contributed by atoms with E-state index in [-0.39, 0.29) is 44.4 Å². The van der Waals surface area contributed by atoms with Gasteiger partial charge in [0.05, 0.1) is 0 Å². The third-order valence-electron chi connectivity index (χ3n) is 6.12. The molecule has 2 aliphatic carbocycles. The molecule has 0 unspecified atom stereocenters. The predicted molar refractivity (Wildman–Crippen MR) is 137 cm³/mol. The van der Waals surface area contributed by atoms with Gasteiger partial charge in [-0.05, 0) is 49.9 Å². The number of rotatable bonds is 4. The summed E-state index contributed by atoms with van der Waals surface area (Å²) in [6, 6.07) is 6.88. The maximum Gasteiger partial charge on any atom is 0.275 e. The van der Waals surface area contributed by atoms with Gasteiger partial charge in [0, 0.05) is 24.2 Å². The van der Waals surface area contributed by atoms with E-state index in [0.29, 0.717) is 17.1 Å². The normalized spacial score (nSPS) is 15.9. The molecule has 4 N–H and O–H groups in total. The van der Waals surface area contributed by atoms with Gasteiger partial charge in [0.2, 0.25) is 5.91 Å². The maximum atomic E-state index is 11.8. The Bertz CT molecular complexity index is 1130. The summed E-state index contributed by atoms with van der Waals surface area (Å²) in [5, 5.41) is 4.44. The Morgan fingerprint density at radius 1 is 1.00 bits per heavy atom. The van der Waals surface area contributed by atoms with Gasteiger partial charge in [0.1, 0.15) is 17.0 Å². The van der Waals surface area contributed by atoms with Crippen LogP contribution in [0.25, 0.3) is 5.52 Å². The van der Waals surface area contributed by atoms with Crippen LogP contribution < -0.4 is 16.7 Å². The second-order valence-corrected chi connectivity index (χ2v) is 8.24. The summed E-state index contributed by atoms with van der Waals surface area (Å²) in [6.45, 7) is 0. The highest BCUT2D eigenvalue weighted by molar-refractivity contribution is 7.59. The molecular weight excluding hydrogens is 460 g/mol. The Morgan fingerprint density at radius 3 is 2.30 bits per heavy atom. The molecule has 0 saturated heterocycles. The highest BCUT2D eigenvalue weighted by Gasteiger charge is 2.23. The van der Waals surface area contributed by atoms with E-state index in [0.717, 1.165) is 44.3 Å². The average molecular weight is 493 g/mol. The van der Waals surface area contributed by atoms with Crippen molar-refractivity contribution in [2.24, 2.45) is 11.7 Å². The quantitative estimate of drug-likeness (QED) is 0.517. The number of hydrogen-bond acceptors (Lipinski definition) is 4. The van der Waals surface area contributed by atoms with Gasteiger partial charge < -0.3 is 10.7 Å². The molecule has 3 aromatic rings. The molecule has 2 amide bonds. The molecule has 9 nitrogen and oxygen atoms in total. The van der Waals surface area contributed by atoms with Gasteiger partial charge in [0.15, 0.2) is 0 Å². The number of H-pyrrole nitrogens is 1. The van der Waals surface area contributed by atoms with E-state index in [2.05, 4.69) is 15.5 Å². The summed E-state index contributed by atoms with van der Waals surface area (Å²) in [7, 11) is 0. The highest BCUT2D eigenvalue weighted by Crippen LogP contribution is 2.31. The summed E-state index contributed by atoms with van der Waals surface area (Å²) >= 11 is 0. The van der Waals surface area contributed by atoms with Gasteiger partial charge in [-0.2, -0.15) is 32.1 Å². The topological polar surface area (TPSA) is 127 Å². The maximum absolute atomic E-state index is 11.8. The van der Waals surface area contributed by atoms with Gasteiger partial charge in [0.25, 0.3) is 11.5 Å². The molecule has 0 aliphatic heterocycles. The van der Waals surface area contributed by atoms with E-state index in [9.17, 15) is 14.4 Å². The molecule has 0 bridgehead atoms. The molecule has 0 aromatic carbocycles. The van der Waals surface area contributed by atoms with E-state index in [1.165, 1.54) is 17.5 Å². The summed E-state index contributed by atoms with van der Waals surface area (Å²) in [6.07, 6.45) is 12.3. The Kier molecular flexibility index (Phi) is 9.66. The van der Waals surface area contributed by atoms with E-state index >= 15 is 0 Å². The summed E-state index contributed by atoms with van der Waals surface area (Å²) in [5.41, 5.74) is 8.76. The molecule has 33 heavy (non-hydrogen) atoms. The highest BCUT2D eigenvalue weighted by atomic mass is 32.1. The number of aromatic nitrogens is 4. The minimum atomic E-state index is -0.545. The van der Waals surface area contributed by atoms with Crippen molar-refractivity contribution in [1.29, 1.82) is 0 Å². The largest absolute Gasteiger partial charge is 0.364 e. The number of aromatic amines is 1. The molecule has 2 saturated carbocycles. The summed E-state index contributed by atoms with van der Waals surface area (Å²) in [5.74, 6) is 0.793. The van der Waals surface area contributed by atoms with Crippen molar-refractivity contribution >= 4 is 44.3 Å². The first-order chi connectivity index (χ1) is 15.0. The number of carbonyl (C=O) groups excluding carboxylic acids is 2. The minimum Gasteiger partial charge on any atom is -0.364 e. The average Bonchev–Trinajstić information content (AvgIpc) is 3.56. The molecular formula is C22H32N6O3S2. The van der Waals surface area contributed by atoms with Crippen molar-refractivity contribution in [3.8, 4) is 0 Å². The standard InChI is InChI=1S/C11H15N3O2.C11H13N3O.2H2S/c12-10(15)9-6-3-7-14(9)13-11(16)8-4-1-2-5-8;15-11-9-6-3-7-14(9)13-10(12-11)8-4-1-2-5-8;;/h3,6-8H,1-2,4-5H2,(H2,12,15)(H,13,16);3,6-8H,1-2,4-5H2,(H,12,13,15);2*1H2. The Hall–Kier alpha value is -2.66. The van der Waals surface area contributed by atoms with E-state index in [1.54, 1.807) is 28.9 Å². The van der Waals surface area contributed by atoms with Crippen LogP contribution >= 0.6 is 27.0 Å². The first-order valence-electron chi connectivity index (χ1n) is 10.9. The molecule has 0 spiro atoms. The predicted octanol–water partition coefficient (Wildman–Crippen LogP) is 2.75. The van der Waals surface area contributed by atoms with Crippen molar-refractivity contribution in [2.75, 3.05) is 5.43 Å². The van der Waals surface area contributed by atoms with Crippen molar-refractivity contribution in [3.05, 3.63) is 58.5 Å². The van der Waals surface area contributed by atoms with Crippen LogP contribution in [0.5, 0.6) is 0 Å². The number of hydrogen-bond donors (Lipinski definition) is 3. The zero-order valence-electron chi connectivity index (χ0n) is 18.4. The molecule has 180 valence electrons. The lowest BCUT2D eigenvalue weighted by atomic mass is 10.1. The lowest BCUT2D eigenvalue weighted by Gasteiger charge is -2.12. The second kappa shape index (κ2) is 12.0. The van der Waals surface area contributed by atoms with Gasteiger partial charge in [-0.15, -0.1) is 0 Å². The van der Waals surface area contributed by atoms with E-state index in [1.807, 2.05) is 12.3 Å². The molecule has 3 aromatic heterocycles. The molecule has 2 fully saturated rings. The number of nitrogens with one attached hydrogen (secondary N) is 2. The molecule has 0 atom stereocenters. The first kappa shape index (κ1) is 26.6. The third-order valence-corrected chi connectivity index (χ3v) is 6.12. The Balaban J connectivity index is 0.000000220. The fourth-order valence-electron chi connectivity index (χ4n) is 4.42. The number of primary amides is 1. The van der Waals surface area contributed by atoms with Crippen LogP contribution in [0.2, 0.25) is 0 Å². The number of amides is 2. The SMILES string of the molecule is NC(=O)c1cccn1NC(=O)C1CCCC1.O=c1[nH]c(C2CCCC2)nn2cccc12.S.S. The van der Waals surface area contributed by atoms with E-state index in [4.69, 9.17) is 5.73 Å². The fraction of sp³-hybridized carbons (Fsp3) is 0.455. The zero-order valence-corrected chi connectivity index (χ0v) is 20.4. The van der Waals surface area contributed by atoms with Crippen LogP contribution in [0.3, 0.4) is 0 Å². The summed E-state index contributed by atoms with van der Waals surface area (Å²) in [4.78, 5) is 37.4. The third kappa shape index (κ3) is 6.23. The molecule has 0 radical (unpaired) electrons. The lowest BCUT2D eigenvalue weighted by molar-refractivity contribution is -0.120. The van der Waals surface area contributed by atoms with Crippen LogP contribution in [-0.4, -0.2) is 31.1 Å². The Labute approximate surface area is 206 Å². The van der Waals surface area contributed by atoms with Crippen LogP contribution in [0.4, 0.5) is 0 Å². The van der Waals surface area contributed by atoms with Crippen molar-refractivity contribution in [2.45, 2.75) is 57.3 Å². The number of nitrogens with two attached hydrogens (primary N) is 1. The summed E-state index contributed by atoms with van der Waals surface area (Å²) < 4.78 is 3.06. The van der Waals surface area contributed by atoms with Crippen LogP contribution in [-0.2, 0) is 4.79 Å². The first-order valence-corrected chi connectivity index (χ1v) is 10.9. The van der Waals surface area contributed by atoms with Crippen LogP contribution in [0, 0.1) is 5.92 Å². The molecule has 3 heterocycles. The molecule has 11 heteroatoms. The van der Waals surface area contributed by atoms with Crippen LogP contribution in [0.15, 0.2) is 41.5 Å². The van der Waals surface area contributed by atoms with Gasteiger partial charge in [-0.25, -0.2) is 4.52 Å². The van der Waals surface area contributed by atoms with Crippen molar-refractivity contribution in [3.63, 3.8) is 0 Å². The molecule has 2 aliphatic rings. The van der Waals surface area contributed by atoms with Gasteiger partial charge in [-0.1, -0.05) is 25.7 Å². The molecule has 5 rings (SSSR count). The van der Waals surface area contributed by atoms with Crippen molar-refractivity contribution in [1.82, 2.24) is 19.3 Å². The fourth-order valence-corrected chi connectivity index (χ4v) is 4.42. The van der Waals surface area contributed by atoms with Crippen LogP contribution in [0.1, 0.15) is 73.6 Å². The van der Waals surface area contributed by atoms with Gasteiger partial charge >= 0.3 is 0 Å². The zero-order chi connectivity index (χ0) is 21.8. The number of carbonyl (C=O) groups is 2. The monoisotopic (exact) mass is 492 g/mol. The number of nitrogens with zero attached hydrogens (tertiary/aromatic N) is 3. The Morgan fingerprint density at radius 2 is 1.64 bits per heavy atom. The smallest absolute Gasteiger partial charge is 0.275 e. The minimum absolute atomic E-state index is 0. The number of fused-ring (bicyclic) bond motifs is 1. The lowest BCUT2D eigenvalue weighted by Crippen LogP contribution is -2.31. The van der Waals surface area contributed by atoms with Crippen molar-refractivity contribution < 1.29 is 9.59 Å². The van der Waals surface area contributed by atoms with E-state index < -0.39 is 5.91 Å². The van der Waals surface area contributed by atoms with Gasteiger partial charge in [-0.3, -0.25) is 24.5 Å².